The quantitative estimate of drug-likeness (QED) is 0.830. The summed E-state index contributed by atoms with van der Waals surface area (Å²) in [5, 5.41) is 0. The molecular weight excluding hydrogens is 320 g/mol. The summed E-state index contributed by atoms with van der Waals surface area (Å²) in [7, 11) is 4.77. The first-order valence-electron chi connectivity index (χ1n) is 7.78. The minimum absolute atomic E-state index is 0.0741. The Bertz CT molecular complexity index is 742. The molecule has 134 valence electrons. The van der Waals surface area contributed by atoms with Crippen LogP contribution in [0, 0.1) is 6.92 Å². The van der Waals surface area contributed by atoms with E-state index in [0.29, 0.717) is 23.1 Å². The third-order valence-corrected chi connectivity index (χ3v) is 3.95. The molecule has 0 fully saturated rings. The van der Waals surface area contributed by atoms with Gasteiger partial charge in [-0.2, -0.15) is 4.98 Å². The van der Waals surface area contributed by atoms with Crippen LogP contribution in [0.25, 0.3) is 6.08 Å². The van der Waals surface area contributed by atoms with Gasteiger partial charge in [0.25, 0.3) is 0 Å². The highest BCUT2D eigenvalue weighted by Gasteiger charge is 2.15. The maximum absolute atomic E-state index is 5.94. The molecule has 0 aliphatic heterocycles. The van der Waals surface area contributed by atoms with E-state index < -0.39 is 0 Å². The van der Waals surface area contributed by atoms with Gasteiger partial charge in [-0.05, 0) is 30.5 Å². The Labute approximate surface area is 147 Å². The van der Waals surface area contributed by atoms with Gasteiger partial charge in [-0.25, -0.2) is 4.98 Å². The zero-order chi connectivity index (χ0) is 18.6. The van der Waals surface area contributed by atoms with Crippen LogP contribution in [0.5, 0.6) is 17.2 Å². The highest BCUT2D eigenvalue weighted by Crippen LogP contribution is 2.40. The van der Waals surface area contributed by atoms with Gasteiger partial charge in [0.2, 0.25) is 11.7 Å². The van der Waals surface area contributed by atoms with E-state index in [1.54, 1.807) is 21.3 Å². The minimum Gasteiger partial charge on any atom is -0.493 e. The summed E-state index contributed by atoms with van der Waals surface area (Å²) in [5.74, 6) is 2.40. The maximum atomic E-state index is 5.94. The van der Waals surface area contributed by atoms with E-state index in [9.17, 15) is 0 Å². The van der Waals surface area contributed by atoms with Crippen LogP contribution in [0.4, 0.5) is 11.8 Å². The highest BCUT2D eigenvalue weighted by atomic mass is 16.5. The summed E-state index contributed by atoms with van der Waals surface area (Å²) >= 11 is 0. The number of nitrogen functional groups attached to an aromatic ring is 2. The van der Waals surface area contributed by atoms with Gasteiger partial charge < -0.3 is 25.7 Å². The molecule has 7 nitrogen and oxygen atoms in total. The molecule has 4 N–H and O–H groups in total. The van der Waals surface area contributed by atoms with Crippen molar-refractivity contribution in [2.45, 2.75) is 19.8 Å². The first-order chi connectivity index (χ1) is 11.9. The fourth-order valence-electron chi connectivity index (χ4n) is 2.55. The second-order valence-electron chi connectivity index (χ2n) is 5.57. The average Bonchev–Trinajstić information content (AvgIpc) is 2.59. The molecule has 1 aromatic carbocycles. The van der Waals surface area contributed by atoms with Crippen molar-refractivity contribution in [3.63, 3.8) is 0 Å². The summed E-state index contributed by atoms with van der Waals surface area (Å²) < 4.78 is 16.2. The smallest absolute Gasteiger partial charge is 0.222 e. The molecule has 1 atom stereocenters. The molecule has 0 amide bonds. The van der Waals surface area contributed by atoms with Crippen LogP contribution in [0.2, 0.25) is 0 Å². The Balaban J connectivity index is 2.37. The Morgan fingerprint density at radius 3 is 2.08 bits per heavy atom. The largest absolute Gasteiger partial charge is 0.493 e. The number of benzene rings is 1. The van der Waals surface area contributed by atoms with Crippen molar-refractivity contribution < 1.29 is 14.2 Å². The van der Waals surface area contributed by atoms with Crippen molar-refractivity contribution in [1.82, 2.24) is 9.97 Å². The number of allylic oxidation sites excluding steroid dienone is 1. The molecule has 2 aromatic rings. The van der Waals surface area contributed by atoms with Crippen LogP contribution in [0.1, 0.15) is 29.7 Å². The molecule has 2 rings (SSSR count). The van der Waals surface area contributed by atoms with Crippen molar-refractivity contribution >= 4 is 17.8 Å². The summed E-state index contributed by atoms with van der Waals surface area (Å²) in [5.41, 5.74) is 14.0. The number of aromatic nitrogens is 2. The molecule has 0 bridgehead atoms. The number of nitrogens with two attached hydrogens (primary N) is 2. The van der Waals surface area contributed by atoms with E-state index in [1.165, 1.54) is 0 Å². The predicted octanol–water partition coefficient (Wildman–Crippen LogP) is 2.79. The average molecular weight is 344 g/mol. The number of rotatable bonds is 6. The van der Waals surface area contributed by atoms with Crippen molar-refractivity contribution in [1.29, 1.82) is 0 Å². The molecule has 0 saturated heterocycles. The molecule has 0 saturated carbocycles. The second kappa shape index (κ2) is 7.74. The van der Waals surface area contributed by atoms with Crippen molar-refractivity contribution in [3.8, 4) is 17.2 Å². The van der Waals surface area contributed by atoms with Gasteiger partial charge in [0, 0.05) is 5.56 Å². The fourth-order valence-corrected chi connectivity index (χ4v) is 2.55. The monoisotopic (exact) mass is 344 g/mol. The van der Waals surface area contributed by atoms with E-state index in [0.717, 1.165) is 16.8 Å². The summed E-state index contributed by atoms with van der Waals surface area (Å²) in [4.78, 5) is 8.14. The first-order valence-corrected chi connectivity index (χ1v) is 7.78. The van der Waals surface area contributed by atoms with Gasteiger partial charge in [0.15, 0.2) is 11.5 Å². The Hall–Kier alpha value is -2.96. The lowest BCUT2D eigenvalue weighted by Gasteiger charge is -2.16. The molecule has 0 spiro atoms. The van der Waals surface area contributed by atoms with E-state index in [4.69, 9.17) is 25.7 Å². The molecule has 0 radical (unpaired) electrons. The number of ether oxygens (including phenoxy) is 3. The number of hydrogen-bond acceptors (Lipinski definition) is 7. The second-order valence-corrected chi connectivity index (χ2v) is 5.57. The topological polar surface area (TPSA) is 106 Å². The molecule has 1 heterocycles. The SMILES string of the molecule is COc1cc([C@@H](C)C=Cc2c(C)nc(N)nc2N)cc(OC)c1OC. The van der Waals surface area contributed by atoms with Crippen LogP contribution in [-0.2, 0) is 0 Å². The van der Waals surface area contributed by atoms with Crippen molar-refractivity contribution in [2.24, 2.45) is 0 Å². The zero-order valence-electron chi connectivity index (χ0n) is 15.2. The molecule has 0 unspecified atom stereocenters. The van der Waals surface area contributed by atoms with Crippen LogP contribution >= 0.6 is 0 Å². The number of hydrogen-bond donors (Lipinski definition) is 2. The Morgan fingerprint density at radius 1 is 1.00 bits per heavy atom. The predicted molar refractivity (Wildman–Crippen MR) is 99.1 cm³/mol. The van der Waals surface area contributed by atoms with Gasteiger partial charge in [-0.1, -0.05) is 19.1 Å². The number of aryl methyl sites for hydroxylation is 1. The lowest BCUT2D eigenvalue weighted by Crippen LogP contribution is -2.04. The molecule has 0 aliphatic carbocycles. The normalized spacial score (nSPS) is 12.2. The summed E-state index contributed by atoms with van der Waals surface area (Å²) in [6.07, 6.45) is 3.91. The van der Waals surface area contributed by atoms with Crippen molar-refractivity contribution in [2.75, 3.05) is 32.8 Å². The van der Waals surface area contributed by atoms with E-state index >= 15 is 0 Å². The molecule has 1 aromatic heterocycles. The van der Waals surface area contributed by atoms with Gasteiger partial charge in [-0.3, -0.25) is 0 Å². The summed E-state index contributed by atoms with van der Waals surface area (Å²) in [6.45, 7) is 3.90. The van der Waals surface area contributed by atoms with Gasteiger partial charge in [-0.15, -0.1) is 0 Å². The van der Waals surface area contributed by atoms with Gasteiger partial charge in [0.05, 0.1) is 27.0 Å². The fraction of sp³-hybridized carbons (Fsp3) is 0.333. The lowest BCUT2D eigenvalue weighted by atomic mass is 9.98. The van der Waals surface area contributed by atoms with E-state index in [2.05, 4.69) is 16.9 Å². The highest BCUT2D eigenvalue weighted by molar-refractivity contribution is 5.65. The third-order valence-electron chi connectivity index (χ3n) is 3.95. The minimum atomic E-state index is 0.0741. The van der Waals surface area contributed by atoms with Crippen LogP contribution in [0.15, 0.2) is 18.2 Å². The van der Waals surface area contributed by atoms with Crippen LogP contribution in [-0.4, -0.2) is 31.3 Å². The van der Waals surface area contributed by atoms with Crippen molar-refractivity contribution in [3.05, 3.63) is 35.0 Å². The lowest BCUT2D eigenvalue weighted by molar-refractivity contribution is 0.323. The Morgan fingerprint density at radius 2 is 1.60 bits per heavy atom. The first kappa shape index (κ1) is 18.4. The number of nitrogens with zero attached hydrogens (tertiary/aromatic N) is 2. The van der Waals surface area contributed by atoms with Crippen LogP contribution in [0.3, 0.4) is 0 Å². The standard InChI is InChI=1S/C18H24N4O3/c1-10(6-7-13-11(2)21-18(20)22-17(13)19)12-8-14(23-3)16(25-5)15(9-12)24-4/h6-10H,1-5H3,(H4,19,20,21,22)/t10-/m0/s1. The molecule has 25 heavy (non-hydrogen) atoms. The maximum Gasteiger partial charge on any atom is 0.222 e. The van der Waals surface area contributed by atoms with Gasteiger partial charge in [0.1, 0.15) is 5.82 Å². The van der Waals surface area contributed by atoms with E-state index in [1.807, 2.05) is 31.2 Å². The van der Waals surface area contributed by atoms with Crippen LogP contribution < -0.4 is 25.7 Å². The number of anilines is 2. The van der Waals surface area contributed by atoms with Gasteiger partial charge >= 0.3 is 0 Å². The van der Waals surface area contributed by atoms with E-state index in [-0.39, 0.29) is 11.9 Å². The number of methoxy groups -OCH3 is 3. The Kier molecular flexibility index (Phi) is 5.69. The zero-order valence-corrected chi connectivity index (χ0v) is 15.2. The molecule has 0 aliphatic rings. The summed E-state index contributed by atoms with van der Waals surface area (Å²) in [6, 6.07) is 3.85. The molecule has 7 heteroatoms. The molecular formula is C18H24N4O3. The third kappa shape index (κ3) is 3.93.